The van der Waals surface area contributed by atoms with Crippen LogP contribution in [0.3, 0.4) is 0 Å². The smallest absolute Gasteiger partial charge is 0.230 e. The molecule has 10 heteroatoms. The molecular formula is C16H21ClN4O3S2. The Labute approximate surface area is 163 Å². The minimum absolute atomic E-state index is 0. The Morgan fingerprint density at radius 2 is 2.04 bits per heavy atom. The standard InChI is InChI=1S/C16H20N4O3S2.ClH/c1-25(22,23)20-13-6-4-11(5-7-13)14-10-24-16(18-14)19-15(21)12-3-2-8-17-9-12;/h4-7,10,12,17,20H,2-3,8-9H2,1H3,(H,18,19,21);1H. The number of hydrogen-bond donors (Lipinski definition) is 3. The van der Waals surface area contributed by atoms with E-state index in [9.17, 15) is 13.2 Å². The molecule has 1 aliphatic heterocycles. The summed E-state index contributed by atoms with van der Waals surface area (Å²) >= 11 is 1.38. The van der Waals surface area contributed by atoms with Gasteiger partial charge in [-0.15, -0.1) is 23.7 Å². The van der Waals surface area contributed by atoms with Gasteiger partial charge < -0.3 is 10.6 Å². The molecule has 1 aromatic carbocycles. The normalized spacial score (nSPS) is 17.2. The molecule has 2 aromatic rings. The minimum atomic E-state index is -3.29. The third kappa shape index (κ3) is 5.66. The zero-order valence-corrected chi connectivity index (χ0v) is 16.6. The summed E-state index contributed by atoms with van der Waals surface area (Å²) in [4.78, 5) is 16.7. The predicted molar refractivity (Wildman–Crippen MR) is 107 cm³/mol. The van der Waals surface area contributed by atoms with Gasteiger partial charge in [0.2, 0.25) is 15.9 Å². The quantitative estimate of drug-likeness (QED) is 0.695. The number of anilines is 2. The molecule has 1 aromatic heterocycles. The van der Waals surface area contributed by atoms with E-state index in [-0.39, 0.29) is 24.2 Å². The number of sulfonamides is 1. The maximum atomic E-state index is 12.2. The van der Waals surface area contributed by atoms with Crippen LogP contribution >= 0.6 is 23.7 Å². The Morgan fingerprint density at radius 3 is 2.65 bits per heavy atom. The highest BCUT2D eigenvalue weighted by Crippen LogP contribution is 2.26. The number of benzene rings is 1. The van der Waals surface area contributed by atoms with Crippen LogP contribution in [0.2, 0.25) is 0 Å². The average Bonchev–Trinajstić information content (AvgIpc) is 3.03. The van der Waals surface area contributed by atoms with Gasteiger partial charge in [-0.05, 0) is 31.5 Å². The molecule has 1 amide bonds. The van der Waals surface area contributed by atoms with Gasteiger partial charge in [-0.25, -0.2) is 13.4 Å². The second-order valence-electron chi connectivity index (χ2n) is 6.02. The van der Waals surface area contributed by atoms with E-state index in [1.165, 1.54) is 11.3 Å². The van der Waals surface area contributed by atoms with Crippen molar-refractivity contribution >= 4 is 50.5 Å². The number of aromatic nitrogens is 1. The number of nitrogens with one attached hydrogen (secondary N) is 3. The van der Waals surface area contributed by atoms with E-state index < -0.39 is 10.0 Å². The van der Waals surface area contributed by atoms with Crippen molar-refractivity contribution in [1.29, 1.82) is 0 Å². The third-order valence-corrected chi connectivity index (χ3v) is 5.25. The lowest BCUT2D eigenvalue weighted by molar-refractivity contribution is -0.120. The molecule has 3 N–H and O–H groups in total. The van der Waals surface area contributed by atoms with Crippen molar-refractivity contribution in [2.24, 2.45) is 5.92 Å². The fourth-order valence-corrected chi connectivity index (χ4v) is 3.96. The molecule has 1 saturated heterocycles. The Hall–Kier alpha value is -1.68. The Kier molecular flexibility index (Phi) is 6.99. The number of halogens is 1. The van der Waals surface area contributed by atoms with E-state index in [1.54, 1.807) is 24.3 Å². The summed E-state index contributed by atoms with van der Waals surface area (Å²) in [7, 11) is -3.29. The van der Waals surface area contributed by atoms with Gasteiger partial charge in [-0.2, -0.15) is 0 Å². The second kappa shape index (κ2) is 8.81. The predicted octanol–water partition coefficient (Wildman–Crippen LogP) is 2.54. The number of amides is 1. The van der Waals surface area contributed by atoms with E-state index >= 15 is 0 Å². The van der Waals surface area contributed by atoms with Crippen LogP contribution in [0.4, 0.5) is 10.8 Å². The van der Waals surface area contributed by atoms with Crippen molar-refractivity contribution in [3.05, 3.63) is 29.6 Å². The summed E-state index contributed by atoms with van der Waals surface area (Å²) in [5, 5.41) is 8.55. The maximum Gasteiger partial charge on any atom is 0.230 e. The van der Waals surface area contributed by atoms with Crippen LogP contribution in [0.15, 0.2) is 29.6 Å². The largest absolute Gasteiger partial charge is 0.316 e. The van der Waals surface area contributed by atoms with Gasteiger partial charge in [-0.3, -0.25) is 9.52 Å². The number of piperidine rings is 1. The molecule has 3 rings (SSSR count). The van der Waals surface area contributed by atoms with E-state index in [4.69, 9.17) is 0 Å². The van der Waals surface area contributed by atoms with E-state index in [2.05, 4.69) is 20.3 Å². The SMILES string of the molecule is CS(=O)(=O)Nc1ccc(-c2csc(NC(=O)C3CCCNC3)n2)cc1.Cl. The number of nitrogens with zero attached hydrogens (tertiary/aromatic N) is 1. The molecule has 0 bridgehead atoms. The molecule has 1 atom stereocenters. The summed E-state index contributed by atoms with van der Waals surface area (Å²) in [6.45, 7) is 1.67. The molecule has 0 spiro atoms. The van der Waals surface area contributed by atoms with Crippen LogP contribution in [0.1, 0.15) is 12.8 Å². The molecule has 0 radical (unpaired) electrons. The topological polar surface area (TPSA) is 100 Å². The van der Waals surface area contributed by atoms with Gasteiger partial charge in [0.05, 0.1) is 17.9 Å². The maximum absolute atomic E-state index is 12.2. The van der Waals surface area contributed by atoms with Crippen molar-refractivity contribution < 1.29 is 13.2 Å². The van der Waals surface area contributed by atoms with Crippen LogP contribution in [-0.2, 0) is 14.8 Å². The summed E-state index contributed by atoms with van der Waals surface area (Å²) in [6, 6.07) is 6.95. The van der Waals surface area contributed by atoms with Gasteiger partial charge in [0.15, 0.2) is 5.13 Å². The first-order chi connectivity index (χ1) is 11.9. The van der Waals surface area contributed by atoms with Crippen molar-refractivity contribution in [2.75, 3.05) is 29.4 Å². The average molecular weight is 417 g/mol. The van der Waals surface area contributed by atoms with Crippen LogP contribution in [-0.4, -0.2) is 38.7 Å². The van der Waals surface area contributed by atoms with E-state index in [0.717, 1.165) is 36.9 Å². The zero-order valence-electron chi connectivity index (χ0n) is 14.2. The van der Waals surface area contributed by atoms with Crippen LogP contribution in [0.25, 0.3) is 11.3 Å². The monoisotopic (exact) mass is 416 g/mol. The lowest BCUT2D eigenvalue weighted by Crippen LogP contribution is -2.37. The Morgan fingerprint density at radius 1 is 1.31 bits per heavy atom. The molecule has 1 aliphatic rings. The summed E-state index contributed by atoms with van der Waals surface area (Å²) in [5.41, 5.74) is 2.10. The van der Waals surface area contributed by atoms with Gasteiger partial charge in [-0.1, -0.05) is 12.1 Å². The van der Waals surface area contributed by atoms with Crippen molar-refractivity contribution in [2.45, 2.75) is 12.8 Å². The molecular weight excluding hydrogens is 396 g/mol. The number of carbonyl (C=O) groups is 1. The number of hydrogen-bond acceptors (Lipinski definition) is 6. The fourth-order valence-electron chi connectivity index (χ4n) is 2.67. The van der Waals surface area contributed by atoms with Gasteiger partial charge in [0.25, 0.3) is 0 Å². The third-order valence-electron chi connectivity index (χ3n) is 3.89. The summed E-state index contributed by atoms with van der Waals surface area (Å²) in [5.74, 6) is -0.0109. The van der Waals surface area contributed by atoms with Gasteiger partial charge in [0, 0.05) is 23.2 Å². The zero-order chi connectivity index (χ0) is 17.9. The summed E-state index contributed by atoms with van der Waals surface area (Å²) in [6.07, 6.45) is 3.01. The minimum Gasteiger partial charge on any atom is -0.316 e. The molecule has 7 nitrogen and oxygen atoms in total. The van der Waals surface area contributed by atoms with Crippen LogP contribution in [0.5, 0.6) is 0 Å². The highest BCUT2D eigenvalue weighted by Gasteiger charge is 2.21. The first-order valence-electron chi connectivity index (χ1n) is 7.96. The molecule has 0 saturated carbocycles. The molecule has 26 heavy (non-hydrogen) atoms. The Balaban J connectivity index is 0.00000243. The molecule has 142 valence electrons. The number of carbonyl (C=O) groups excluding carboxylic acids is 1. The van der Waals surface area contributed by atoms with E-state index in [1.807, 2.05) is 5.38 Å². The van der Waals surface area contributed by atoms with Crippen molar-refractivity contribution in [3.8, 4) is 11.3 Å². The number of rotatable bonds is 5. The Bertz CT molecular complexity index is 847. The highest BCUT2D eigenvalue weighted by atomic mass is 35.5. The molecule has 0 aliphatic carbocycles. The molecule has 1 fully saturated rings. The fraction of sp³-hybridized carbons (Fsp3) is 0.375. The first kappa shape index (κ1) is 20.6. The van der Waals surface area contributed by atoms with Crippen LogP contribution in [0, 0.1) is 5.92 Å². The van der Waals surface area contributed by atoms with E-state index in [0.29, 0.717) is 17.4 Å². The summed E-state index contributed by atoms with van der Waals surface area (Å²) < 4.78 is 24.9. The van der Waals surface area contributed by atoms with Crippen molar-refractivity contribution in [3.63, 3.8) is 0 Å². The molecule has 2 heterocycles. The van der Waals surface area contributed by atoms with Crippen molar-refractivity contribution in [1.82, 2.24) is 10.3 Å². The highest BCUT2D eigenvalue weighted by molar-refractivity contribution is 7.92. The van der Waals surface area contributed by atoms with Gasteiger partial charge >= 0.3 is 0 Å². The lowest BCUT2D eigenvalue weighted by Gasteiger charge is -2.21. The second-order valence-corrected chi connectivity index (χ2v) is 8.63. The van der Waals surface area contributed by atoms with Gasteiger partial charge in [0.1, 0.15) is 0 Å². The lowest BCUT2D eigenvalue weighted by atomic mass is 9.99. The molecule has 1 unspecified atom stereocenters. The first-order valence-corrected chi connectivity index (χ1v) is 10.7. The van der Waals surface area contributed by atoms with Crippen LogP contribution < -0.4 is 15.4 Å². The number of thiazole rings is 1.